The number of fused-ring (bicyclic) bond motifs is 1. The molecule has 5 nitrogen and oxygen atoms in total. The van der Waals surface area contributed by atoms with Gasteiger partial charge in [0.15, 0.2) is 5.78 Å². The molecule has 1 saturated heterocycles. The number of rotatable bonds is 6. The first-order valence-corrected chi connectivity index (χ1v) is 9.72. The van der Waals surface area contributed by atoms with Crippen molar-refractivity contribution in [2.75, 3.05) is 20.8 Å². The number of hydrogen-bond acceptors (Lipinski definition) is 4. The zero-order valence-electron chi connectivity index (χ0n) is 16.6. The van der Waals surface area contributed by atoms with Gasteiger partial charge in [-0.05, 0) is 50.6 Å². The van der Waals surface area contributed by atoms with Crippen LogP contribution in [0.5, 0.6) is 11.5 Å². The molecule has 2 aromatic carbocycles. The molecular weight excluding hydrogens is 352 g/mol. The number of benzene rings is 2. The molecule has 0 radical (unpaired) electrons. The predicted octanol–water partition coefficient (Wildman–Crippen LogP) is 4.59. The molecular formula is C23H26N2O3. The van der Waals surface area contributed by atoms with E-state index in [0.29, 0.717) is 0 Å². The number of likely N-dealkylation sites (tertiary alicyclic amines) is 1. The van der Waals surface area contributed by atoms with Crippen LogP contribution in [0.1, 0.15) is 41.7 Å². The average molecular weight is 378 g/mol. The summed E-state index contributed by atoms with van der Waals surface area (Å²) in [6.45, 7) is 2.90. The number of ether oxygens (including phenoxy) is 2. The SMILES string of the molecule is COc1ccc(OC)c([C@H]2CCCN2[C@@H](C)C(=O)c2c[nH]c3ccccc23)c1. The van der Waals surface area contributed by atoms with Crippen LogP contribution in [0.3, 0.4) is 0 Å². The van der Waals surface area contributed by atoms with Gasteiger partial charge < -0.3 is 14.5 Å². The van der Waals surface area contributed by atoms with Crippen LogP contribution in [0.15, 0.2) is 48.7 Å². The molecule has 146 valence electrons. The number of methoxy groups -OCH3 is 2. The number of ketones is 1. The first-order chi connectivity index (χ1) is 13.6. The number of nitrogens with zero attached hydrogens (tertiary/aromatic N) is 1. The summed E-state index contributed by atoms with van der Waals surface area (Å²) in [5.41, 5.74) is 2.83. The average Bonchev–Trinajstić information content (AvgIpc) is 3.39. The van der Waals surface area contributed by atoms with E-state index in [2.05, 4.69) is 9.88 Å². The van der Waals surface area contributed by atoms with E-state index < -0.39 is 0 Å². The molecule has 0 spiro atoms. The molecule has 2 atom stereocenters. The summed E-state index contributed by atoms with van der Waals surface area (Å²) in [5.74, 6) is 1.79. The van der Waals surface area contributed by atoms with E-state index in [9.17, 15) is 4.79 Å². The summed E-state index contributed by atoms with van der Waals surface area (Å²) < 4.78 is 11.0. The second kappa shape index (κ2) is 7.68. The minimum atomic E-state index is -0.220. The van der Waals surface area contributed by atoms with Crippen molar-refractivity contribution in [2.24, 2.45) is 0 Å². The van der Waals surface area contributed by atoms with Gasteiger partial charge in [-0.1, -0.05) is 18.2 Å². The Morgan fingerprint density at radius 3 is 2.79 bits per heavy atom. The Morgan fingerprint density at radius 2 is 2.00 bits per heavy atom. The summed E-state index contributed by atoms with van der Waals surface area (Å²) in [6, 6.07) is 13.7. The molecule has 1 N–H and O–H groups in total. The van der Waals surface area contributed by atoms with Crippen LogP contribution in [-0.4, -0.2) is 42.5 Å². The molecule has 3 aromatic rings. The smallest absolute Gasteiger partial charge is 0.181 e. The predicted molar refractivity (Wildman–Crippen MR) is 110 cm³/mol. The summed E-state index contributed by atoms with van der Waals surface area (Å²) in [5, 5.41) is 0.981. The first-order valence-electron chi connectivity index (χ1n) is 9.72. The highest BCUT2D eigenvalue weighted by molar-refractivity contribution is 6.10. The third-order valence-electron chi connectivity index (χ3n) is 5.82. The minimum Gasteiger partial charge on any atom is -0.497 e. The van der Waals surface area contributed by atoms with Crippen LogP contribution in [0, 0.1) is 0 Å². The van der Waals surface area contributed by atoms with Crippen LogP contribution in [-0.2, 0) is 0 Å². The van der Waals surface area contributed by atoms with Crippen LogP contribution in [0.4, 0.5) is 0 Å². The van der Waals surface area contributed by atoms with E-state index in [1.165, 1.54) is 0 Å². The molecule has 28 heavy (non-hydrogen) atoms. The topological polar surface area (TPSA) is 54.6 Å². The third kappa shape index (κ3) is 3.16. The summed E-state index contributed by atoms with van der Waals surface area (Å²) in [4.78, 5) is 18.9. The fourth-order valence-corrected chi connectivity index (χ4v) is 4.34. The normalized spacial score (nSPS) is 18.3. The van der Waals surface area contributed by atoms with Crippen molar-refractivity contribution < 1.29 is 14.3 Å². The van der Waals surface area contributed by atoms with Crippen molar-refractivity contribution in [3.8, 4) is 11.5 Å². The maximum Gasteiger partial charge on any atom is 0.181 e. The Labute approximate surface area is 165 Å². The lowest BCUT2D eigenvalue weighted by Gasteiger charge is -2.31. The van der Waals surface area contributed by atoms with E-state index >= 15 is 0 Å². The number of aromatic amines is 1. The third-order valence-corrected chi connectivity index (χ3v) is 5.82. The second-order valence-electron chi connectivity index (χ2n) is 7.29. The van der Waals surface area contributed by atoms with Crippen LogP contribution in [0.25, 0.3) is 10.9 Å². The number of hydrogen-bond donors (Lipinski definition) is 1. The van der Waals surface area contributed by atoms with Gasteiger partial charge in [0.1, 0.15) is 11.5 Å². The van der Waals surface area contributed by atoms with Crippen molar-refractivity contribution in [1.82, 2.24) is 9.88 Å². The molecule has 0 amide bonds. The molecule has 1 aromatic heterocycles. The van der Waals surface area contributed by atoms with Gasteiger partial charge in [-0.15, -0.1) is 0 Å². The Balaban J connectivity index is 1.66. The van der Waals surface area contributed by atoms with Gasteiger partial charge in [0.2, 0.25) is 0 Å². The zero-order valence-corrected chi connectivity index (χ0v) is 16.6. The maximum atomic E-state index is 13.3. The minimum absolute atomic E-state index is 0.134. The highest BCUT2D eigenvalue weighted by Gasteiger charge is 2.35. The van der Waals surface area contributed by atoms with Gasteiger partial charge in [0.25, 0.3) is 0 Å². The molecule has 2 heterocycles. The zero-order chi connectivity index (χ0) is 19.7. The largest absolute Gasteiger partial charge is 0.497 e. The fourth-order valence-electron chi connectivity index (χ4n) is 4.34. The molecule has 0 aliphatic carbocycles. The fraction of sp³-hybridized carbons (Fsp3) is 0.348. The molecule has 1 fully saturated rings. The lowest BCUT2D eigenvalue weighted by Crippen LogP contribution is -2.38. The van der Waals surface area contributed by atoms with E-state index in [1.807, 2.05) is 55.6 Å². The van der Waals surface area contributed by atoms with E-state index in [4.69, 9.17) is 9.47 Å². The molecule has 4 rings (SSSR count). The molecule has 0 bridgehead atoms. The Kier molecular flexibility index (Phi) is 5.09. The highest BCUT2D eigenvalue weighted by Crippen LogP contribution is 2.40. The molecule has 0 unspecified atom stereocenters. The van der Waals surface area contributed by atoms with Gasteiger partial charge >= 0.3 is 0 Å². The van der Waals surface area contributed by atoms with Crippen LogP contribution < -0.4 is 9.47 Å². The molecule has 1 aliphatic heterocycles. The van der Waals surface area contributed by atoms with Gasteiger partial charge in [0, 0.05) is 34.3 Å². The van der Waals surface area contributed by atoms with Gasteiger partial charge in [-0.3, -0.25) is 9.69 Å². The Morgan fingerprint density at radius 1 is 1.18 bits per heavy atom. The number of Topliss-reactive ketones (excluding diaryl/α,β-unsaturated/α-hetero) is 1. The number of carbonyl (C=O) groups excluding carboxylic acids is 1. The lowest BCUT2D eigenvalue weighted by atomic mass is 9.99. The number of carbonyl (C=O) groups is 1. The van der Waals surface area contributed by atoms with Gasteiger partial charge in [-0.2, -0.15) is 0 Å². The molecule has 0 saturated carbocycles. The van der Waals surface area contributed by atoms with E-state index in [-0.39, 0.29) is 17.9 Å². The first kappa shape index (κ1) is 18.6. The van der Waals surface area contributed by atoms with E-state index in [0.717, 1.165) is 52.9 Å². The maximum absolute atomic E-state index is 13.3. The quantitative estimate of drug-likeness (QED) is 0.637. The number of nitrogens with one attached hydrogen (secondary N) is 1. The van der Waals surface area contributed by atoms with Crippen molar-refractivity contribution in [3.05, 3.63) is 59.8 Å². The van der Waals surface area contributed by atoms with Crippen molar-refractivity contribution in [1.29, 1.82) is 0 Å². The summed E-state index contributed by atoms with van der Waals surface area (Å²) >= 11 is 0. The summed E-state index contributed by atoms with van der Waals surface area (Å²) in [7, 11) is 3.35. The van der Waals surface area contributed by atoms with Crippen LogP contribution >= 0.6 is 0 Å². The second-order valence-corrected chi connectivity index (χ2v) is 7.29. The number of para-hydroxylation sites is 1. The number of H-pyrrole nitrogens is 1. The van der Waals surface area contributed by atoms with Gasteiger partial charge in [-0.25, -0.2) is 0 Å². The van der Waals surface area contributed by atoms with Gasteiger partial charge in [0.05, 0.1) is 20.3 Å². The van der Waals surface area contributed by atoms with Crippen LogP contribution in [0.2, 0.25) is 0 Å². The Bertz CT molecular complexity index is 994. The standard InChI is InChI=1S/C23H26N2O3/c1-15(23(26)19-14-24-20-8-5-4-7-17(19)20)25-12-6-9-21(25)18-13-16(27-2)10-11-22(18)28-3/h4-5,7-8,10-11,13-15,21,24H,6,9,12H2,1-3H3/t15-,21+/m0/s1. The molecule has 5 heteroatoms. The van der Waals surface area contributed by atoms with Crippen molar-refractivity contribution >= 4 is 16.7 Å². The Hall–Kier alpha value is -2.79. The molecule has 1 aliphatic rings. The summed E-state index contributed by atoms with van der Waals surface area (Å²) in [6.07, 6.45) is 3.88. The van der Waals surface area contributed by atoms with E-state index in [1.54, 1.807) is 14.2 Å². The highest BCUT2D eigenvalue weighted by atomic mass is 16.5. The lowest BCUT2D eigenvalue weighted by molar-refractivity contribution is 0.0820. The van der Waals surface area contributed by atoms with Crippen molar-refractivity contribution in [3.63, 3.8) is 0 Å². The number of aromatic nitrogens is 1. The van der Waals surface area contributed by atoms with Crippen molar-refractivity contribution in [2.45, 2.75) is 31.8 Å². The monoisotopic (exact) mass is 378 g/mol.